The van der Waals surface area contributed by atoms with Gasteiger partial charge in [-0.3, -0.25) is 0 Å². The molecule has 9 rings (SSSR count). The third-order valence-corrected chi connectivity index (χ3v) is 9.33. The molecule has 0 radical (unpaired) electrons. The van der Waals surface area contributed by atoms with Crippen LogP contribution in [0.3, 0.4) is 0 Å². The average molecular weight is 641 g/mol. The van der Waals surface area contributed by atoms with Crippen molar-refractivity contribution in [2.45, 2.75) is 0 Å². The lowest BCUT2D eigenvalue weighted by molar-refractivity contribution is 1.07. The van der Waals surface area contributed by atoms with E-state index in [1.54, 1.807) is 0 Å². The molecule has 0 saturated carbocycles. The van der Waals surface area contributed by atoms with Crippen molar-refractivity contribution >= 4 is 22.5 Å². The molecule has 0 fully saturated rings. The van der Waals surface area contributed by atoms with Crippen LogP contribution in [0, 0.1) is 0 Å². The molecule has 0 aliphatic carbocycles. The highest BCUT2D eigenvalue weighted by Gasteiger charge is 2.16. The Hall–Kier alpha value is -6.65. The van der Waals surface area contributed by atoms with Crippen molar-refractivity contribution in [2.75, 3.05) is 11.9 Å². The van der Waals surface area contributed by atoms with Crippen LogP contribution >= 0.6 is 0 Å². The number of rotatable bonds is 6. The van der Waals surface area contributed by atoms with E-state index >= 15 is 0 Å². The molecular formula is C46H32N4. The van der Waals surface area contributed by atoms with Crippen LogP contribution in [0.25, 0.3) is 84.4 Å². The van der Waals surface area contributed by atoms with Crippen LogP contribution in [-0.4, -0.2) is 21.5 Å². The number of aromatic nitrogens is 3. The van der Waals surface area contributed by atoms with E-state index in [9.17, 15) is 0 Å². The molecule has 4 nitrogen and oxygen atoms in total. The average Bonchev–Trinajstić information content (AvgIpc) is 3.21. The number of benzene rings is 7. The van der Waals surface area contributed by atoms with Gasteiger partial charge in [-0.1, -0.05) is 164 Å². The van der Waals surface area contributed by atoms with E-state index in [2.05, 4.69) is 121 Å². The predicted octanol–water partition coefficient (Wildman–Crippen LogP) is 11.5. The maximum absolute atomic E-state index is 4.98. The summed E-state index contributed by atoms with van der Waals surface area (Å²) < 4.78 is 0. The van der Waals surface area contributed by atoms with Crippen LogP contribution in [0.15, 0.2) is 170 Å². The summed E-state index contributed by atoms with van der Waals surface area (Å²) in [5, 5.41) is 5.99. The molecule has 2 heterocycles. The Balaban J connectivity index is 1.13. The molecule has 0 saturated heterocycles. The molecule has 1 aliphatic rings. The highest BCUT2D eigenvalue weighted by molar-refractivity contribution is 6.05. The fourth-order valence-electron chi connectivity index (χ4n) is 6.91. The van der Waals surface area contributed by atoms with E-state index in [-0.39, 0.29) is 0 Å². The van der Waals surface area contributed by atoms with Crippen LogP contribution in [0.4, 0.5) is 5.69 Å². The van der Waals surface area contributed by atoms with Crippen LogP contribution in [0.2, 0.25) is 0 Å². The van der Waals surface area contributed by atoms with Gasteiger partial charge in [0.25, 0.3) is 0 Å². The van der Waals surface area contributed by atoms with E-state index in [0.29, 0.717) is 17.5 Å². The van der Waals surface area contributed by atoms with Crippen LogP contribution in [0.5, 0.6) is 0 Å². The lowest BCUT2D eigenvalue weighted by atomic mass is 9.90. The minimum absolute atomic E-state index is 0.644. The summed E-state index contributed by atoms with van der Waals surface area (Å²) >= 11 is 0. The SMILES string of the molecule is C1=Cc2cccc(-c3cccc(-c4ccc(-c5cccc(-c6nc(-c7ccccc7)nc(-c7ccccc7)n6)c5)c5ccccc45)c3)c2NC1. The molecule has 0 unspecified atom stereocenters. The molecule has 0 atom stereocenters. The van der Waals surface area contributed by atoms with Crippen LogP contribution < -0.4 is 5.32 Å². The van der Waals surface area contributed by atoms with Crippen molar-refractivity contribution in [1.82, 2.24) is 15.0 Å². The van der Waals surface area contributed by atoms with Crippen molar-refractivity contribution < 1.29 is 0 Å². The molecule has 0 bridgehead atoms. The maximum atomic E-state index is 4.98. The van der Waals surface area contributed by atoms with E-state index in [1.807, 2.05) is 60.7 Å². The third kappa shape index (κ3) is 5.53. The van der Waals surface area contributed by atoms with Gasteiger partial charge in [-0.15, -0.1) is 0 Å². The van der Waals surface area contributed by atoms with Crippen LogP contribution in [-0.2, 0) is 0 Å². The van der Waals surface area contributed by atoms with Gasteiger partial charge < -0.3 is 5.32 Å². The quantitative estimate of drug-likeness (QED) is 0.196. The number of nitrogens with zero attached hydrogens (tertiary/aromatic N) is 3. The lowest BCUT2D eigenvalue weighted by Crippen LogP contribution is -2.05. The number of para-hydroxylation sites is 1. The van der Waals surface area contributed by atoms with E-state index in [1.165, 1.54) is 44.3 Å². The second-order valence-corrected chi connectivity index (χ2v) is 12.5. The fourth-order valence-corrected chi connectivity index (χ4v) is 6.91. The number of fused-ring (bicyclic) bond motifs is 2. The van der Waals surface area contributed by atoms with Crippen molar-refractivity contribution in [3.8, 4) is 67.5 Å². The zero-order chi connectivity index (χ0) is 33.3. The monoisotopic (exact) mass is 640 g/mol. The minimum Gasteiger partial charge on any atom is -0.381 e. The third-order valence-electron chi connectivity index (χ3n) is 9.33. The van der Waals surface area contributed by atoms with Crippen molar-refractivity contribution in [3.63, 3.8) is 0 Å². The van der Waals surface area contributed by atoms with Gasteiger partial charge in [0.05, 0.1) is 0 Å². The molecule has 8 aromatic rings. The van der Waals surface area contributed by atoms with Gasteiger partial charge in [0.1, 0.15) is 0 Å². The second kappa shape index (κ2) is 12.8. The molecular weight excluding hydrogens is 609 g/mol. The van der Waals surface area contributed by atoms with Crippen molar-refractivity contribution in [3.05, 3.63) is 175 Å². The highest BCUT2D eigenvalue weighted by atomic mass is 15.0. The molecule has 50 heavy (non-hydrogen) atoms. The Bertz CT molecular complexity index is 2480. The minimum atomic E-state index is 0.644. The molecule has 1 N–H and O–H groups in total. The van der Waals surface area contributed by atoms with Gasteiger partial charge in [0.15, 0.2) is 17.5 Å². The number of nitrogens with one attached hydrogen (secondary N) is 1. The lowest BCUT2D eigenvalue weighted by Gasteiger charge is -2.18. The molecule has 0 spiro atoms. The zero-order valence-electron chi connectivity index (χ0n) is 27.3. The topological polar surface area (TPSA) is 50.7 Å². The van der Waals surface area contributed by atoms with E-state index in [4.69, 9.17) is 15.0 Å². The van der Waals surface area contributed by atoms with Gasteiger partial charge in [-0.25, -0.2) is 15.0 Å². The number of hydrogen-bond acceptors (Lipinski definition) is 4. The summed E-state index contributed by atoms with van der Waals surface area (Å²) in [7, 11) is 0. The normalized spacial score (nSPS) is 12.0. The van der Waals surface area contributed by atoms with Crippen molar-refractivity contribution in [1.29, 1.82) is 0 Å². The highest BCUT2D eigenvalue weighted by Crippen LogP contribution is 2.39. The summed E-state index contributed by atoms with van der Waals surface area (Å²) in [5.41, 5.74) is 12.3. The molecule has 1 aromatic heterocycles. The standard InChI is InChI=1S/C46H32N4/c1-3-13-32(14-4-1)44-48-45(33-15-5-2-6-16-33)50-46(49-44)37-21-10-19-35(30-37)39-27-26-38(41-23-7-8-24-42(39)41)34-18-9-20-36(29-34)40-25-11-17-31-22-12-28-47-43(31)40/h1-27,29-30,47H,28H2. The van der Waals surface area contributed by atoms with E-state index < -0.39 is 0 Å². The summed E-state index contributed by atoms with van der Waals surface area (Å²) in [6.07, 6.45) is 4.37. The summed E-state index contributed by atoms with van der Waals surface area (Å²) in [6.45, 7) is 0.840. The van der Waals surface area contributed by atoms with Gasteiger partial charge in [-0.2, -0.15) is 0 Å². The number of hydrogen-bond donors (Lipinski definition) is 1. The smallest absolute Gasteiger partial charge is 0.164 e. The summed E-state index contributed by atoms with van der Waals surface area (Å²) in [4.78, 5) is 14.8. The largest absolute Gasteiger partial charge is 0.381 e. The zero-order valence-corrected chi connectivity index (χ0v) is 27.3. The molecule has 7 aromatic carbocycles. The molecule has 0 amide bonds. The number of anilines is 1. The van der Waals surface area contributed by atoms with Crippen LogP contribution in [0.1, 0.15) is 5.56 Å². The Kier molecular flexibility index (Phi) is 7.52. The maximum Gasteiger partial charge on any atom is 0.164 e. The Morgan fingerprint density at radius 3 is 1.44 bits per heavy atom. The van der Waals surface area contributed by atoms with Gasteiger partial charge in [0.2, 0.25) is 0 Å². The van der Waals surface area contributed by atoms with Gasteiger partial charge in [0, 0.05) is 34.5 Å². The molecule has 1 aliphatic heterocycles. The summed E-state index contributed by atoms with van der Waals surface area (Å²) in [6, 6.07) is 57.3. The molecule has 236 valence electrons. The van der Waals surface area contributed by atoms with Gasteiger partial charge in [-0.05, 0) is 56.3 Å². The van der Waals surface area contributed by atoms with Gasteiger partial charge >= 0.3 is 0 Å². The predicted molar refractivity (Wildman–Crippen MR) is 207 cm³/mol. The molecule has 4 heteroatoms. The first-order valence-corrected chi connectivity index (χ1v) is 16.9. The van der Waals surface area contributed by atoms with E-state index in [0.717, 1.165) is 34.4 Å². The Morgan fingerprint density at radius 2 is 0.840 bits per heavy atom. The second-order valence-electron chi connectivity index (χ2n) is 12.5. The van der Waals surface area contributed by atoms with Crippen molar-refractivity contribution in [2.24, 2.45) is 0 Å². The Labute approximate surface area is 291 Å². The fraction of sp³-hybridized carbons (Fsp3) is 0.0217. The Morgan fingerprint density at radius 1 is 0.380 bits per heavy atom. The summed E-state index contributed by atoms with van der Waals surface area (Å²) in [5.74, 6) is 1.95. The first-order chi connectivity index (χ1) is 24.8. The first kappa shape index (κ1) is 29.5. The first-order valence-electron chi connectivity index (χ1n) is 16.9.